The second-order valence-electron chi connectivity index (χ2n) is 4.75. The molecule has 0 saturated carbocycles. The quantitative estimate of drug-likeness (QED) is 0.919. The van der Waals surface area contributed by atoms with Crippen LogP contribution in [0, 0.1) is 13.8 Å². The maximum Gasteiger partial charge on any atom is 0.352 e. The first-order valence-electron chi connectivity index (χ1n) is 6.47. The molecule has 2 aromatic rings. The van der Waals surface area contributed by atoms with Gasteiger partial charge in [0.1, 0.15) is 0 Å². The minimum Gasteiger partial charge on any atom is -0.481 e. The van der Waals surface area contributed by atoms with E-state index < -0.39 is 5.97 Å². The van der Waals surface area contributed by atoms with Gasteiger partial charge in [-0.1, -0.05) is 15.9 Å². The number of hydrogen-bond acceptors (Lipinski definition) is 3. The van der Waals surface area contributed by atoms with Gasteiger partial charge in [-0.15, -0.1) is 0 Å². The number of rotatable bonds is 4. The first-order chi connectivity index (χ1) is 9.90. The fourth-order valence-electron chi connectivity index (χ4n) is 2.29. The van der Waals surface area contributed by atoms with E-state index in [4.69, 9.17) is 5.11 Å². The third kappa shape index (κ3) is 3.39. The minimum atomic E-state index is -0.866. The molecule has 0 saturated heterocycles. The van der Waals surface area contributed by atoms with Gasteiger partial charge in [-0.05, 0) is 50.1 Å². The number of aromatic nitrogens is 2. The van der Waals surface area contributed by atoms with Crippen molar-refractivity contribution in [3.8, 4) is 5.69 Å². The van der Waals surface area contributed by atoms with Gasteiger partial charge >= 0.3 is 11.7 Å². The zero-order chi connectivity index (χ0) is 15.6. The summed E-state index contributed by atoms with van der Waals surface area (Å²) in [5.41, 5.74) is 2.49. The van der Waals surface area contributed by atoms with E-state index in [1.54, 1.807) is 6.92 Å². The number of benzene rings is 1. The summed E-state index contributed by atoms with van der Waals surface area (Å²) >= 11 is 3.35. The summed E-state index contributed by atoms with van der Waals surface area (Å²) in [6, 6.07) is 7.32. The number of carboxylic acid groups (broad SMARTS) is 1. The molecule has 0 aliphatic heterocycles. The Labute approximate surface area is 130 Å². The summed E-state index contributed by atoms with van der Waals surface area (Å²) in [4.78, 5) is 26.9. The fourth-order valence-corrected chi connectivity index (χ4v) is 2.55. The molecule has 21 heavy (non-hydrogen) atoms. The summed E-state index contributed by atoms with van der Waals surface area (Å²) in [5, 5.41) is 8.83. The van der Waals surface area contributed by atoms with Gasteiger partial charge in [-0.25, -0.2) is 4.79 Å². The number of aryl methyl sites for hydroxylation is 1. The maximum atomic E-state index is 12.2. The molecule has 1 aromatic carbocycles. The summed E-state index contributed by atoms with van der Waals surface area (Å²) in [6.45, 7) is 3.55. The third-order valence-corrected chi connectivity index (χ3v) is 3.87. The molecular formula is C15H15BrN2O3. The minimum absolute atomic E-state index is 0.0158. The van der Waals surface area contributed by atoms with E-state index in [1.165, 1.54) is 4.57 Å². The Morgan fingerprint density at radius 1 is 1.29 bits per heavy atom. The Morgan fingerprint density at radius 2 is 1.90 bits per heavy atom. The molecule has 5 nitrogen and oxygen atoms in total. The Hall–Kier alpha value is -1.95. The smallest absolute Gasteiger partial charge is 0.352 e. The van der Waals surface area contributed by atoms with Crippen LogP contribution in [-0.4, -0.2) is 20.6 Å². The van der Waals surface area contributed by atoms with Crippen molar-refractivity contribution in [3.63, 3.8) is 0 Å². The highest BCUT2D eigenvalue weighted by molar-refractivity contribution is 9.10. The van der Waals surface area contributed by atoms with Gasteiger partial charge in [-0.3, -0.25) is 9.36 Å². The molecule has 110 valence electrons. The Balaban J connectivity index is 2.56. The molecule has 0 aliphatic rings. The second-order valence-corrected chi connectivity index (χ2v) is 5.66. The van der Waals surface area contributed by atoms with Crippen LogP contribution in [0.3, 0.4) is 0 Å². The molecule has 0 aliphatic carbocycles. The van der Waals surface area contributed by atoms with E-state index in [0.717, 1.165) is 15.7 Å². The molecule has 0 bridgehead atoms. The van der Waals surface area contributed by atoms with Crippen LogP contribution in [0.25, 0.3) is 5.69 Å². The van der Waals surface area contributed by atoms with Crippen molar-refractivity contribution in [2.24, 2.45) is 0 Å². The molecule has 0 unspecified atom stereocenters. The lowest BCUT2D eigenvalue weighted by Crippen LogP contribution is -2.26. The van der Waals surface area contributed by atoms with Gasteiger partial charge in [0, 0.05) is 22.3 Å². The summed E-state index contributed by atoms with van der Waals surface area (Å²) in [5.74, 6) is -0.866. The van der Waals surface area contributed by atoms with Gasteiger partial charge < -0.3 is 5.11 Å². The van der Waals surface area contributed by atoms with Gasteiger partial charge in [-0.2, -0.15) is 4.98 Å². The molecular weight excluding hydrogens is 336 g/mol. The third-order valence-electron chi connectivity index (χ3n) is 3.34. The van der Waals surface area contributed by atoms with Gasteiger partial charge in [0.15, 0.2) is 0 Å². The van der Waals surface area contributed by atoms with Crippen LogP contribution < -0.4 is 5.69 Å². The van der Waals surface area contributed by atoms with Crippen LogP contribution in [0.15, 0.2) is 33.5 Å². The molecule has 0 atom stereocenters. The molecule has 1 N–H and O–H groups in total. The lowest BCUT2D eigenvalue weighted by molar-refractivity contribution is -0.136. The van der Waals surface area contributed by atoms with Crippen molar-refractivity contribution in [1.29, 1.82) is 0 Å². The number of hydrogen-bond donors (Lipinski definition) is 1. The van der Waals surface area contributed by atoms with Crippen LogP contribution in [0.2, 0.25) is 0 Å². The first kappa shape index (κ1) is 15.4. The normalized spacial score (nSPS) is 10.6. The number of aliphatic carboxylic acids is 1. The maximum absolute atomic E-state index is 12.2. The van der Waals surface area contributed by atoms with Crippen molar-refractivity contribution in [2.75, 3.05) is 0 Å². The SMILES string of the molecule is Cc1nc(=O)n(-c2ccc(Br)cc2)c(C)c1CCC(=O)O. The Kier molecular flexibility index (Phi) is 4.57. The van der Waals surface area contributed by atoms with Crippen molar-refractivity contribution in [1.82, 2.24) is 9.55 Å². The van der Waals surface area contributed by atoms with E-state index in [1.807, 2.05) is 31.2 Å². The molecule has 6 heteroatoms. The molecule has 0 fully saturated rings. The van der Waals surface area contributed by atoms with Crippen molar-refractivity contribution in [2.45, 2.75) is 26.7 Å². The largest absolute Gasteiger partial charge is 0.481 e. The van der Waals surface area contributed by atoms with Crippen molar-refractivity contribution >= 4 is 21.9 Å². The van der Waals surface area contributed by atoms with Crippen LogP contribution >= 0.6 is 15.9 Å². The van der Waals surface area contributed by atoms with E-state index in [-0.39, 0.29) is 12.1 Å². The van der Waals surface area contributed by atoms with E-state index in [0.29, 0.717) is 17.8 Å². The number of carbonyl (C=O) groups is 1. The Morgan fingerprint density at radius 3 is 2.48 bits per heavy atom. The van der Waals surface area contributed by atoms with Gasteiger partial charge in [0.2, 0.25) is 0 Å². The molecule has 0 amide bonds. The highest BCUT2D eigenvalue weighted by atomic mass is 79.9. The van der Waals surface area contributed by atoms with Gasteiger partial charge in [0.05, 0.1) is 5.69 Å². The zero-order valence-corrected chi connectivity index (χ0v) is 13.3. The summed E-state index contributed by atoms with van der Waals surface area (Å²) in [7, 11) is 0. The highest BCUT2D eigenvalue weighted by Crippen LogP contribution is 2.18. The average Bonchev–Trinajstić information content (AvgIpc) is 2.40. The number of carboxylic acids is 1. The van der Waals surface area contributed by atoms with Crippen LogP contribution in [0.5, 0.6) is 0 Å². The predicted molar refractivity (Wildman–Crippen MR) is 83.0 cm³/mol. The van der Waals surface area contributed by atoms with E-state index in [2.05, 4.69) is 20.9 Å². The van der Waals surface area contributed by atoms with Crippen LogP contribution in [0.4, 0.5) is 0 Å². The lowest BCUT2D eigenvalue weighted by atomic mass is 10.1. The van der Waals surface area contributed by atoms with E-state index >= 15 is 0 Å². The van der Waals surface area contributed by atoms with Crippen molar-refractivity contribution in [3.05, 3.63) is 56.2 Å². The van der Waals surface area contributed by atoms with Crippen molar-refractivity contribution < 1.29 is 9.90 Å². The van der Waals surface area contributed by atoms with Gasteiger partial charge in [0.25, 0.3) is 0 Å². The van der Waals surface area contributed by atoms with Crippen LogP contribution in [-0.2, 0) is 11.2 Å². The monoisotopic (exact) mass is 350 g/mol. The standard InChI is InChI=1S/C15H15BrN2O3/c1-9-13(7-8-14(19)20)10(2)18(15(21)17-9)12-5-3-11(16)4-6-12/h3-6H,7-8H2,1-2H3,(H,19,20). The molecule has 1 heterocycles. The summed E-state index contributed by atoms with van der Waals surface area (Å²) < 4.78 is 2.43. The average molecular weight is 351 g/mol. The molecule has 0 spiro atoms. The summed E-state index contributed by atoms with van der Waals surface area (Å²) in [6.07, 6.45) is 0.374. The molecule has 1 aromatic heterocycles. The van der Waals surface area contributed by atoms with Crippen LogP contribution in [0.1, 0.15) is 23.4 Å². The fraction of sp³-hybridized carbons (Fsp3) is 0.267. The Bertz CT molecular complexity index is 736. The predicted octanol–water partition coefficient (Wildman–Crippen LogP) is 2.63. The molecule has 0 radical (unpaired) electrons. The molecule has 2 rings (SSSR count). The number of nitrogens with zero attached hydrogens (tertiary/aromatic N) is 2. The van der Waals surface area contributed by atoms with E-state index in [9.17, 15) is 9.59 Å². The highest BCUT2D eigenvalue weighted by Gasteiger charge is 2.13. The first-order valence-corrected chi connectivity index (χ1v) is 7.26. The topological polar surface area (TPSA) is 72.2 Å². The second kappa shape index (κ2) is 6.22. The number of halogens is 1. The lowest BCUT2D eigenvalue weighted by Gasteiger charge is -2.15. The zero-order valence-electron chi connectivity index (χ0n) is 11.8.